The first kappa shape index (κ1) is 17.4. The molecule has 2 aromatic carbocycles. The maximum atomic E-state index is 13.6. The molecule has 0 saturated carbocycles. The third-order valence-corrected chi connectivity index (χ3v) is 3.16. The van der Waals surface area contributed by atoms with Gasteiger partial charge in [0, 0.05) is 6.07 Å². The number of amides is 1. The molecule has 1 amide bonds. The van der Waals surface area contributed by atoms with Crippen molar-refractivity contribution in [3.8, 4) is 5.75 Å². The van der Waals surface area contributed by atoms with Crippen molar-refractivity contribution in [2.45, 2.75) is 13.0 Å². The molecule has 7 heteroatoms. The summed E-state index contributed by atoms with van der Waals surface area (Å²) in [4.78, 5) is 23.8. The second-order valence-corrected chi connectivity index (χ2v) is 4.86. The molecule has 0 heterocycles. The first-order valence-corrected chi connectivity index (χ1v) is 7.02. The van der Waals surface area contributed by atoms with E-state index >= 15 is 0 Å². The Hall–Kier alpha value is -2.96. The molecule has 2 rings (SSSR count). The van der Waals surface area contributed by atoms with Crippen LogP contribution in [0.1, 0.15) is 17.3 Å². The minimum absolute atomic E-state index is 0.175. The summed E-state index contributed by atoms with van der Waals surface area (Å²) in [5.74, 6) is -3.12. The summed E-state index contributed by atoms with van der Waals surface area (Å²) in [6.07, 6.45) is -1.07. The highest BCUT2D eigenvalue weighted by Gasteiger charge is 2.20. The van der Waals surface area contributed by atoms with E-state index in [0.717, 1.165) is 12.1 Å². The van der Waals surface area contributed by atoms with Gasteiger partial charge in [-0.2, -0.15) is 0 Å². The van der Waals surface area contributed by atoms with Crippen LogP contribution in [0.15, 0.2) is 42.5 Å². The van der Waals surface area contributed by atoms with Gasteiger partial charge in [-0.25, -0.2) is 13.6 Å². The smallest absolute Gasteiger partial charge is 0.339 e. The number of anilines is 1. The Morgan fingerprint density at radius 1 is 1.12 bits per heavy atom. The van der Waals surface area contributed by atoms with Crippen molar-refractivity contribution in [1.29, 1.82) is 0 Å². The fraction of sp³-hybridized carbons (Fsp3) is 0.176. The van der Waals surface area contributed by atoms with E-state index in [-0.39, 0.29) is 17.0 Å². The van der Waals surface area contributed by atoms with Gasteiger partial charge in [0.25, 0.3) is 5.91 Å². The predicted octanol–water partition coefficient (Wildman–Crippen LogP) is 3.16. The number of hydrogen-bond donors (Lipinski definition) is 1. The summed E-state index contributed by atoms with van der Waals surface area (Å²) in [7, 11) is 1.23. The normalized spacial score (nSPS) is 11.5. The van der Waals surface area contributed by atoms with Crippen LogP contribution in [0.3, 0.4) is 0 Å². The van der Waals surface area contributed by atoms with Crippen LogP contribution in [0.5, 0.6) is 5.75 Å². The molecule has 0 spiro atoms. The van der Waals surface area contributed by atoms with Gasteiger partial charge in [-0.05, 0) is 31.2 Å². The van der Waals surface area contributed by atoms with E-state index in [1.165, 1.54) is 26.2 Å². The van der Waals surface area contributed by atoms with Gasteiger partial charge in [-0.3, -0.25) is 4.79 Å². The number of ether oxygens (including phenoxy) is 2. The van der Waals surface area contributed by atoms with Crippen molar-refractivity contribution in [3.05, 3.63) is 59.7 Å². The highest BCUT2D eigenvalue weighted by Crippen LogP contribution is 2.20. The molecule has 1 atom stereocenters. The van der Waals surface area contributed by atoms with Crippen LogP contribution in [0.2, 0.25) is 0 Å². The third-order valence-electron chi connectivity index (χ3n) is 3.16. The molecule has 0 aromatic heterocycles. The standard InChI is InChI=1S/C17H15F2NO4/c1-10(24-15-8-7-11(18)9-13(15)19)16(21)20-14-6-4-3-5-12(14)17(22)23-2/h3-10H,1-2H3,(H,20,21). The SMILES string of the molecule is COC(=O)c1ccccc1NC(=O)C(C)Oc1ccc(F)cc1F. The van der Waals surface area contributed by atoms with Crippen molar-refractivity contribution in [2.75, 3.05) is 12.4 Å². The van der Waals surface area contributed by atoms with Gasteiger partial charge >= 0.3 is 5.97 Å². The molecule has 1 unspecified atom stereocenters. The first-order chi connectivity index (χ1) is 11.4. The molecule has 5 nitrogen and oxygen atoms in total. The molecule has 0 aliphatic heterocycles. The molecule has 1 N–H and O–H groups in total. The Bertz CT molecular complexity index is 764. The number of carbonyl (C=O) groups is 2. The molecule has 0 bridgehead atoms. The van der Waals surface area contributed by atoms with Crippen LogP contribution in [-0.4, -0.2) is 25.1 Å². The third kappa shape index (κ3) is 4.07. The number of methoxy groups -OCH3 is 1. The maximum absolute atomic E-state index is 13.6. The molecule has 0 radical (unpaired) electrons. The molecular weight excluding hydrogens is 320 g/mol. The van der Waals surface area contributed by atoms with Gasteiger partial charge in [0.2, 0.25) is 0 Å². The molecular formula is C17H15F2NO4. The lowest BCUT2D eigenvalue weighted by Gasteiger charge is -2.16. The average Bonchev–Trinajstić information content (AvgIpc) is 2.57. The summed E-state index contributed by atoms with van der Waals surface area (Å²) in [5, 5.41) is 2.52. The van der Waals surface area contributed by atoms with Crippen LogP contribution < -0.4 is 10.1 Å². The minimum atomic E-state index is -1.07. The number of hydrogen-bond acceptors (Lipinski definition) is 4. The number of benzene rings is 2. The van der Waals surface area contributed by atoms with Crippen molar-refractivity contribution < 1.29 is 27.8 Å². The van der Waals surface area contributed by atoms with Crippen LogP contribution in [0.4, 0.5) is 14.5 Å². The van der Waals surface area contributed by atoms with Crippen molar-refractivity contribution in [2.24, 2.45) is 0 Å². The molecule has 24 heavy (non-hydrogen) atoms. The van der Waals surface area contributed by atoms with E-state index < -0.39 is 29.6 Å². The lowest BCUT2D eigenvalue weighted by Crippen LogP contribution is -2.31. The highest BCUT2D eigenvalue weighted by atomic mass is 19.1. The number of halogens is 2. The van der Waals surface area contributed by atoms with Gasteiger partial charge in [-0.1, -0.05) is 12.1 Å². The minimum Gasteiger partial charge on any atom is -0.478 e. The van der Waals surface area contributed by atoms with Gasteiger partial charge in [-0.15, -0.1) is 0 Å². The monoisotopic (exact) mass is 335 g/mol. The average molecular weight is 335 g/mol. The summed E-state index contributed by atoms with van der Waals surface area (Å²) in [5.41, 5.74) is 0.415. The van der Waals surface area contributed by atoms with E-state index in [9.17, 15) is 18.4 Å². The fourth-order valence-electron chi connectivity index (χ4n) is 1.93. The summed E-state index contributed by atoms with van der Waals surface area (Å²) in [6.45, 7) is 1.40. The highest BCUT2D eigenvalue weighted by molar-refractivity contribution is 6.02. The predicted molar refractivity (Wildman–Crippen MR) is 82.9 cm³/mol. The molecule has 2 aromatic rings. The Kier molecular flexibility index (Phi) is 5.47. The number of carbonyl (C=O) groups excluding carboxylic acids is 2. The number of esters is 1. The summed E-state index contributed by atoms with van der Waals surface area (Å²) < 4.78 is 36.3. The Morgan fingerprint density at radius 3 is 2.50 bits per heavy atom. The summed E-state index contributed by atoms with van der Waals surface area (Å²) in [6, 6.07) is 9.05. The molecule has 0 fully saturated rings. The van der Waals surface area contributed by atoms with Gasteiger partial charge in [0.05, 0.1) is 18.4 Å². The number of rotatable bonds is 5. The zero-order chi connectivity index (χ0) is 17.7. The second-order valence-electron chi connectivity index (χ2n) is 4.86. The lowest BCUT2D eigenvalue weighted by atomic mass is 10.1. The second kappa shape index (κ2) is 7.54. The van der Waals surface area contributed by atoms with Gasteiger partial charge in [0.15, 0.2) is 17.7 Å². The Balaban J connectivity index is 2.11. The van der Waals surface area contributed by atoms with E-state index in [2.05, 4.69) is 10.1 Å². The zero-order valence-electron chi connectivity index (χ0n) is 13.0. The molecule has 0 aliphatic carbocycles. The molecule has 0 saturated heterocycles. The maximum Gasteiger partial charge on any atom is 0.339 e. The molecule has 0 aliphatic rings. The fourth-order valence-corrected chi connectivity index (χ4v) is 1.93. The van der Waals surface area contributed by atoms with E-state index in [1.807, 2.05) is 0 Å². The van der Waals surface area contributed by atoms with E-state index in [1.54, 1.807) is 12.1 Å². The Morgan fingerprint density at radius 2 is 1.83 bits per heavy atom. The van der Waals surface area contributed by atoms with Crippen LogP contribution in [0, 0.1) is 11.6 Å². The van der Waals surface area contributed by atoms with Gasteiger partial charge in [0.1, 0.15) is 5.82 Å². The Labute approximate surface area is 137 Å². The van der Waals surface area contributed by atoms with Crippen LogP contribution in [-0.2, 0) is 9.53 Å². The quantitative estimate of drug-likeness (QED) is 0.853. The largest absolute Gasteiger partial charge is 0.478 e. The lowest BCUT2D eigenvalue weighted by molar-refractivity contribution is -0.122. The van der Waals surface area contributed by atoms with Crippen molar-refractivity contribution in [1.82, 2.24) is 0 Å². The number of para-hydroxylation sites is 1. The molecule has 126 valence electrons. The summed E-state index contributed by atoms with van der Waals surface area (Å²) >= 11 is 0. The van der Waals surface area contributed by atoms with E-state index in [4.69, 9.17) is 4.74 Å². The van der Waals surface area contributed by atoms with Crippen molar-refractivity contribution in [3.63, 3.8) is 0 Å². The van der Waals surface area contributed by atoms with E-state index in [0.29, 0.717) is 6.07 Å². The van der Waals surface area contributed by atoms with Crippen molar-refractivity contribution >= 4 is 17.6 Å². The van der Waals surface area contributed by atoms with Crippen LogP contribution >= 0.6 is 0 Å². The first-order valence-electron chi connectivity index (χ1n) is 7.02. The zero-order valence-corrected chi connectivity index (χ0v) is 13.0. The van der Waals surface area contributed by atoms with Gasteiger partial charge < -0.3 is 14.8 Å². The topological polar surface area (TPSA) is 64.6 Å². The van der Waals surface area contributed by atoms with Crippen LogP contribution in [0.25, 0.3) is 0 Å². The number of nitrogens with one attached hydrogen (secondary N) is 1.